The first kappa shape index (κ1) is 28.4. The number of hydrogen-bond acceptors (Lipinski definition) is 2. The Morgan fingerprint density at radius 2 is 0.900 bits per heavy atom. The van der Waals surface area contributed by atoms with Crippen molar-refractivity contribution in [3.63, 3.8) is 0 Å². The smallest absolute Gasteiger partial charge is 0.159 e. The van der Waals surface area contributed by atoms with Crippen LogP contribution in [0.2, 0.25) is 0 Å². The molecular formula is C48H31NO. The second-order valence-electron chi connectivity index (χ2n) is 12.9. The Labute approximate surface area is 290 Å². The predicted octanol–water partition coefficient (Wildman–Crippen LogP) is 13.8. The summed E-state index contributed by atoms with van der Waals surface area (Å²) in [5.74, 6) is 0. The molecule has 1 aromatic heterocycles. The van der Waals surface area contributed by atoms with Crippen LogP contribution in [0, 0.1) is 0 Å². The van der Waals surface area contributed by atoms with Gasteiger partial charge in [-0.1, -0.05) is 146 Å². The molecule has 0 N–H and O–H groups in total. The van der Waals surface area contributed by atoms with Crippen molar-refractivity contribution in [1.29, 1.82) is 0 Å². The first-order valence-corrected chi connectivity index (χ1v) is 17.1. The second kappa shape index (κ2) is 11.5. The van der Waals surface area contributed by atoms with Gasteiger partial charge in [-0.2, -0.15) is 0 Å². The minimum atomic E-state index is 0.874. The fraction of sp³-hybridized carbons (Fsp3) is 0. The summed E-state index contributed by atoms with van der Waals surface area (Å²) in [5, 5.41) is 9.90. The topological polar surface area (TPSA) is 16.4 Å². The first-order chi connectivity index (χ1) is 24.8. The Morgan fingerprint density at radius 3 is 1.68 bits per heavy atom. The zero-order valence-corrected chi connectivity index (χ0v) is 27.3. The van der Waals surface area contributed by atoms with Gasteiger partial charge in [0.15, 0.2) is 5.58 Å². The maximum absolute atomic E-state index is 6.55. The van der Waals surface area contributed by atoms with Gasteiger partial charge in [-0.15, -0.1) is 0 Å². The minimum absolute atomic E-state index is 0.874. The molecule has 0 aliphatic heterocycles. The van der Waals surface area contributed by atoms with E-state index in [1.165, 1.54) is 54.6 Å². The van der Waals surface area contributed by atoms with Crippen LogP contribution in [0.5, 0.6) is 0 Å². The van der Waals surface area contributed by atoms with Gasteiger partial charge in [0.2, 0.25) is 0 Å². The van der Waals surface area contributed by atoms with Crippen molar-refractivity contribution in [2.24, 2.45) is 0 Å². The van der Waals surface area contributed by atoms with Crippen molar-refractivity contribution in [3.05, 3.63) is 188 Å². The number of anilines is 3. The van der Waals surface area contributed by atoms with E-state index in [0.717, 1.165) is 39.0 Å². The fourth-order valence-electron chi connectivity index (χ4n) is 7.59. The molecule has 0 saturated heterocycles. The quantitative estimate of drug-likeness (QED) is 0.175. The molecule has 10 rings (SSSR count). The third-order valence-electron chi connectivity index (χ3n) is 10.0. The third-order valence-corrected chi connectivity index (χ3v) is 10.0. The monoisotopic (exact) mass is 637 g/mol. The van der Waals surface area contributed by atoms with E-state index in [1.807, 2.05) is 12.1 Å². The van der Waals surface area contributed by atoms with Gasteiger partial charge in [0.05, 0.1) is 5.69 Å². The van der Waals surface area contributed by atoms with Gasteiger partial charge in [-0.25, -0.2) is 0 Å². The molecule has 0 spiro atoms. The predicted molar refractivity (Wildman–Crippen MR) is 212 cm³/mol. The number of benzene rings is 9. The number of fused-ring (bicyclic) bond motifs is 8. The summed E-state index contributed by atoms with van der Waals surface area (Å²) in [6.07, 6.45) is 0. The van der Waals surface area contributed by atoms with Gasteiger partial charge >= 0.3 is 0 Å². The lowest BCUT2D eigenvalue weighted by Gasteiger charge is -2.26. The van der Waals surface area contributed by atoms with E-state index >= 15 is 0 Å². The second-order valence-corrected chi connectivity index (χ2v) is 12.9. The molecule has 0 unspecified atom stereocenters. The first-order valence-electron chi connectivity index (χ1n) is 17.1. The van der Waals surface area contributed by atoms with E-state index in [9.17, 15) is 0 Å². The molecule has 0 atom stereocenters. The van der Waals surface area contributed by atoms with Crippen LogP contribution in [0.15, 0.2) is 192 Å². The molecule has 2 nitrogen and oxygen atoms in total. The molecular weight excluding hydrogens is 607 g/mol. The number of hydrogen-bond donors (Lipinski definition) is 0. The van der Waals surface area contributed by atoms with E-state index in [1.54, 1.807) is 0 Å². The van der Waals surface area contributed by atoms with Crippen LogP contribution in [-0.4, -0.2) is 0 Å². The molecule has 0 saturated carbocycles. The standard InChI is InChI=1S/C48H31NO/c1-2-9-32(10-3-1)33-21-26-39(27-22-33)49(45-15-8-14-44-43-13-6-7-16-46(43)50-48(44)45)40-28-23-34(24-29-40)37-25-30-42-38(31-37)20-19-36-18-17-35-11-4-5-12-41(35)47(36)42/h1-31H. The highest BCUT2D eigenvalue weighted by Crippen LogP contribution is 2.43. The van der Waals surface area contributed by atoms with Crippen LogP contribution in [0.3, 0.4) is 0 Å². The van der Waals surface area contributed by atoms with Crippen LogP contribution in [0.25, 0.3) is 76.5 Å². The Bertz CT molecular complexity index is 2850. The maximum atomic E-state index is 6.55. The van der Waals surface area contributed by atoms with Crippen molar-refractivity contribution >= 4 is 71.3 Å². The number of nitrogens with zero attached hydrogens (tertiary/aromatic N) is 1. The number of rotatable bonds is 5. The van der Waals surface area contributed by atoms with Gasteiger partial charge in [0, 0.05) is 22.1 Å². The van der Waals surface area contributed by atoms with E-state index in [2.05, 4.69) is 181 Å². The summed E-state index contributed by atoms with van der Waals surface area (Å²) in [7, 11) is 0. The van der Waals surface area contributed by atoms with E-state index < -0.39 is 0 Å². The van der Waals surface area contributed by atoms with Crippen molar-refractivity contribution in [3.8, 4) is 22.3 Å². The van der Waals surface area contributed by atoms with Crippen molar-refractivity contribution < 1.29 is 4.42 Å². The molecule has 0 fully saturated rings. The summed E-state index contributed by atoms with van der Waals surface area (Å²) < 4.78 is 6.55. The van der Waals surface area contributed by atoms with Gasteiger partial charge in [-0.05, 0) is 97.0 Å². The van der Waals surface area contributed by atoms with Gasteiger partial charge in [-0.3, -0.25) is 0 Å². The lowest BCUT2D eigenvalue weighted by atomic mass is 9.94. The van der Waals surface area contributed by atoms with Crippen LogP contribution in [0.1, 0.15) is 0 Å². The highest BCUT2D eigenvalue weighted by atomic mass is 16.3. The van der Waals surface area contributed by atoms with Gasteiger partial charge in [0.25, 0.3) is 0 Å². The Balaban J connectivity index is 1.09. The average molecular weight is 638 g/mol. The van der Waals surface area contributed by atoms with Crippen LogP contribution < -0.4 is 4.90 Å². The number of furan rings is 1. The van der Waals surface area contributed by atoms with E-state index in [-0.39, 0.29) is 0 Å². The highest BCUT2D eigenvalue weighted by Gasteiger charge is 2.19. The maximum Gasteiger partial charge on any atom is 0.159 e. The van der Waals surface area contributed by atoms with Crippen molar-refractivity contribution in [2.45, 2.75) is 0 Å². The molecule has 2 heteroatoms. The molecule has 0 radical (unpaired) electrons. The SMILES string of the molecule is c1ccc(-c2ccc(N(c3ccc(-c4ccc5c(ccc6ccc7ccccc7c65)c4)cc3)c3cccc4c3oc3ccccc34)cc2)cc1. The average Bonchev–Trinajstić information content (AvgIpc) is 3.58. The Hall–Kier alpha value is -6.64. The van der Waals surface area contributed by atoms with E-state index in [4.69, 9.17) is 4.42 Å². The summed E-state index contributed by atoms with van der Waals surface area (Å²) >= 11 is 0. The molecule has 0 amide bonds. The molecule has 0 aliphatic carbocycles. The van der Waals surface area contributed by atoms with E-state index in [0.29, 0.717) is 0 Å². The molecule has 0 aliphatic rings. The summed E-state index contributed by atoms with van der Waals surface area (Å²) in [6.45, 7) is 0. The highest BCUT2D eigenvalue weighted by molar-refractivity contribution is 6.20. The van der Waals surface area contributed by atoms with Crippen molar-refractivity contribution in [1.82, 2.24) is 0 Å². The van der Waals surface area contributed by atoms with Gasteiger partial charge in [0.1, 0.15) is 5.58 Å². The molecule has 1 heterocycles. The fourth-order valence-corrected chi connectivity index (χ4v) is 7.59. The lowest BCUT2D eigenvalue weighted by Crippen LogP contribution is -2.10. The molecule has 9 aromatic carbocycles. The Kier molecular flexibility index (Phi) is 6.53. The normalized spacial score (nSPS) is 11.6. The molecule has 50 heavy (non-hydrogen) atoms. The van der Waals surface area contributed by atoms with Gasteiger partial charge < -0.3 is 9.32 Å². The zero-order valence-electron chi connectivity index (χ0n) is 27.3. The Morgan fingerprint density at radius 1 is 0.340 bits per heavy atom. The van der Waals surface area contributed by atoms with Crippen LogP contribution in [-0.2, 0) is 0 Å². The molecule has 234 valence electrons. The molecule has 10 aromatic rings. The zero-order chi connectivity index (χ0) is 33.0. The largest absolute Gasteiger partial charge is 0.454 e. The number of para-hydroxylation sites is 2. The third kappa shape index (κ3) is 4.65. The van der Waals surface area contributed by atoms with Crippen molar-refractivity contribution in [2.75, 3.05) is 4.90 Å². The van der Waals surface area contributed by atoms with Crippen LogP contribution in [0.4, 0.5) is 17.1 Å². The minimum Gasteiger partial charge on any atom is -0.454 e. The molecule has 0 bridgehead atoms. The summed E-state index contributed by atoms with van der Waals surface area (Å²) in [4.78, 5) is 2.31. The lowest BCUT2D eigenvalue weighted by molar-refractivity contribution is 0.669. The summed E-state index contributed by atoms with van der Waals surface area (Å²) in [5.41, 5.74) is 9.65. The van der Waals surface area contributed by atoms with Crippen LogP contribution >= 0.6 is 0 Å². The summed E-state index contributed by atoms with van der Waals surface area (Å²) in [6, 6.07) is 67.4.